The van der Waals surface area contributed by atoms with Crippen molar-refractivity contribution in [2.75, 3.05) is 32.6 Å². The normalized spacial score (nSPS) is 23.4. The highest BCUT2D eigenvalue weighted by atomic mass is 32.2. The number of carbonyl (C=O) groups excluding carboxylic acids is 1. The number of ether oxygens (including phenoxy) is 1. The third-order valence-electron chi connectivity index (χ3n) is 2.97. The molecule has 1 unspecified atom stereocenters. The van der Waals surface area contributed by atoms with Crippen molar-refractivity contribution >= 4 is 32.5 Å². The minimum atomic E-state index is -3.67. The summed E-state index contributed by atoms with van der Waals surface area (Å²) < 4.78 is 30.1. The Labute approximate surface area is 120 Å². The van der Waals surface area contributed by atoms with Crippen molar-refractivity contribution < 1.29 is 17.9 Å². The monoisotopic (exact) mass is 321 g/mol. The van der Waals surface area contributed by atoms with Crippen molar-refractivity contribution in [3.8, 4) is 0 Å². The van der Waals surface area contributed by atoms with Crippen molar-refractivity contribution in [2.24, 2.45) is 0 Å². The molecule has 1 aliphatic heterocycles. The molecule has 1 N–H and O–H groups in total. The molecule has 0 bridgehead atoms. The zero-order chi connectivity index (χ0) is 15.1. The molecule has 0 aromatic carbocycles. The van der Waals surface area contributed by atoms with Crippen LogP contribution >= 0.6 is 11.3 Å². The zero-order valence-corrected chi connectivity index (χ0v) is 13.1. The quantitative estimate of drug-likeness (QED) is 0.762. The second-order valence-electron chi connectivity index (χ2n) is 4.51. The van der Waals surface area contributed by atoms with Crippen LogP contribution in [0.3, 0.4) is 0 Å². The third kappa shape index (κ3) is 2.26. The van der Waals surface area contributed by atoms with Gasteiger partial charge in [-0.3, -0.25) is 0 Å². The Hall–Kier alpha value is -1.30. The lowest BCUT2D eigenvalue weighted by Crippen LogP contribution is -2.46. The van der Waals surface area contributed by atoms with Crippen molar-refractivity contribution in [3.63, 3.8) is 0 Å². The molecule has 0 aliphatic carbocycles. The molecule has 1 fully saturated rings. The molecule has 9 nitrogen and oxygen atoms in total. The lowest BCUT2D eigenvalue weighted by molar-refractivity contribution is 0.0278. The fourth-order valence-electron chi connectivity index (χ4n) is 1.62. The average molecular weight is 321 g/mol. The first-order valence-corrected chi connectivity index (χ1v) is 7.87. The van der Waals surface area contributed by atoms with Crippen LogP contribution in [0.1, 0.15) is 6.92 Å². The summed E-state index contributed by atoms with van der Waals surface area (Å²) in [5, 5.41) is 10.2. The second-order valence-corrected chi connectivity index (χ2v) is 7.79. The summed E-state index contributed by atoms with van der Waals surface area (Å²) in [5.74, 6) is 0. The van der Waals surface area contributed by atoms with Gasteiger partial charge < -0.3 is 10.1 Å². The van der Waals surface area contributed by atoms with E-state index >= 15 is 0 Å². The topological polar surface area (TPSA) is 105 Å². The SMILES string of the molecule is COC1(C)CNC(=O)N1c1nnc(S(=O)(=O)N(C)C)s1. The lowest BCUT2D eigenvalue weighted by Gasteiger charge is -2.29. The van der Waals surface area contributed by atoms with Gasteiger partial charge in [0, 0.05) is 21.2 Å². The molecule has 0 saturated carbocycles. The third-order valence-corrected chi connectivity index (χ3v) is 6.04. The molecule has 1 saturated heterocycles. The van der Waals surface area contributed by atoms with Gasteiger partial charge in [-0.2, -0.15) is 0 Å². The molecule has 0 spiro atoms. The van der Waals surface area contributed by atoms with Crippen LogP contribution in [0.5, 0.6) is 0 Å². The zero-order valence-electron chi connectivity index (χ0n) is 11.4. The summed E-state index contributed by atoms with van der Waals surface area (Å²) in [6, 6.07) is -0.403. The van der Waals surface area contributed by atoms with E-state index in [2.05, 4.69) is 15.5 Å². The minimum Gasteiger partial charge on any atom is -0.357 e. The van der Waals surface area contributed by atoms with Gasteiger partial charge in [-0.1, -0.05) is 11.3 Å². The highest BCUT2D eigenvalue weighted by molar-refractivity contribution is 7.91. The van der Waals surface area contributed by atoms with Crippen molar-refractivity contribution in [2.45, 2.75) is 17.0 Å². The average Bonchev–Trinajstić information content (AvgIpc) is 2.95. The molecule has 1 aliphatic rings. The molecule has 112 valence electrons. The molecule has 0 radical (unpaired) electrons. The molecular formula is C9H15N5O4S2. The number of sulfonamides is 1. The van der Waals surface area contributed by atoms with E-state index in [1.165, 1.54) is 26.1 Å². The Morgan fingerprint density at radius 3 is 2.65 bits per heavy atom. The lowest BCUT2D eigenvalue weighted by atomic mass is 10.2. The molecule has 2 amide bonds. The van der Waals surface area contributed by atoms with Crippen molar-refractivity contribution in [1.82, 2.24) is 19.8 Å². The number of nitrogens with zero attached hydrogens (tertiary/aromatic N) is 4. The maximum atomic E-state index is 12.0. The van der Waals surface area contributed by atoms with Crippen LogP contribution in [0.15, 0.2) is 4.34 Å². The Morgan fingerprint density at radius 2 is 2.10 bits per heavy atom. The van der Waals surface area contributed by atoms with E-state index < -0.39 is 21.8 Å². The summed E-state index contributed by atoms with van der Waals surface area (Å²) >= 11 is 0.820. The Morgan fingerprint density at radius 1 is 1.45 bits per heavy atom. The molecule has 11 heteroatoms. The molecule has 1 atom stereocenters. The molecular weight excluding hydrogens is 306 g/mol. The largest absolute Gasteiger partial charge is 0.357 e. The Balaban J connectivity index is 2.41. The van der Waals surface area contributed by atoms with E-state index in [9.17, 15) is 13.2 Å². The maximum absolute atomic E-state index is 12.0. The van der Waals surface area contributed by atoms with E-state index in [0.29, 0.717) is 0 Å². The number of hydrogen-bond donors (Lipinski definition) is 1. The Kier molecular flexibility index (Phi) is 3.71. The van der Waals surface area contributed by atoms with E-state index in [1.807, 2.05) is 0 Å². The predicted octanol–water partition coefficient (Wildman–Crippen LogP) is -0.319. The molecule has 1 aromatic heterocycles. The Bertz CT molecular complexity index is 628. The van der Waals surface area contributed by atoms with Gasteiger partial charge in [0.05, 0.1) is 6.54 Å². The fourth-order valence-corrected chi connectivity index (χ4v) is 3.85. The summed E-state index contributed by atoms with van der Waals surface area (Å²) in [7, 11) is 0.598. The van der Waals surface area contributed by atoms with Gasteiger partial charge in [0.15, 0.2) is 5.72 Å². The number of rotatable bonds is 4. The number of hydrogen-bond acceptors (Lipinski definition) is 7. The van der Waals surface area contributed by atoms with Crippen molar-refractivity contribution in [1.29, 1.82) is 0 Å². The summed E-state index contributed by atoms with van der Waals surface area (Å²) in [6.07, 6.45) is 0. The number of carbonyl (C=O) groups is 1. The fraction of sp³-hybridized carbons (Fsp3) is 0.667. The van der Waals surface area contributed by atoms with Crippen LogP contribution in [0.4, 0.5) is 9.93 Å². The first-order valence-electron chi connectivity index (χ1n) is 5.61. The summed E-state index contributed by atoms with van der Waals surface area (Å²) in [6.45, 7) is 1.98. The van der Waals surface area contributed by atoms with E-state index in [-0.39, 0.29) is 16.0 Å². The van der Waals surface area contributed by atoms with Gasteiger partial charge in [-0.05, 0) is 6.92 Å². The van der Waals surface area contributed by atoms with Gasteiger partial charge in [0.25, 0.3) is 10.0 Å². The first kappa shape index (κ1) is 15.1. The van der Waals surface area contributed by atoms with Crippen LogP contribution in [0.2, 0.25) is 0 Å². The van der Waals surface area contributed by atoms with Crippen molar-refractivity contribution in [3.05, 3.63) is 0 Å². The highest BCUT2D eigenvalue weighted by Crippen LogP contribution is 2.32. The number of urea groups is 1. The van der Waals surface area contributed by atoms with E-state index in [1.54, 1.807) is 6.92 Å². The van der Waals surface area contributed by atoms with Crippen LogP contribution in [0.25, 0.3) is 0 Å². The number of anilines is 1. The summed E-state index contributed by atoms with van der Waals surface area (Å²) in [4.78, 5) is 13.1. The number of amides is 2. The minimum absolute atomic E-state index is 0.171. The van der Waals surface area contributed by atoms with Gasteiger partial charge in [-0.15, -0.1) is 10.2 Å². The predicted molar refractivity (Wildman–Crippen MR) is 72.1 cm³/mol. The van der Waals surface area contributed by atoms with E-state index in [4.69, 9.17) is 4.74 Å². The van der Waals surface area contributed by atoms with Gasteiger partial charge in [0.2, 0.25) is 9.47 Å². The highest BCUT2D eigenvalue weighted by Gasteiger charge is 2.45. The van der Waals surface area contributed by atoms with E-state index in [0.717, 1.165) is 15.6 Å². The molecule has 20 heavy (non-hydrogen) atoms. The van der Waals surface area contributed by atoms with Crippen LogP contribution in [-0.4, -0.2) is 62.4 Å². The van der Waals surface area contributed by atoms with Crippen LogP contribution in [-0.2, 0) is 14.8 Å². The standard InChI is InChI=1S/C9H15N5O4S2/c1-9(18-4)5-10-6(15)14(9)7-11-12-8(19-7)20(16,17)13(2)3/h5H2,1-4H3,(H,10,15). The number of nitrogens with one attached hydrogen (secondary N) is 1. The maximum Gasteiger partial charge on any atom is 0.326 e. The molecule has 2 rings (SSSR count). The first-order chi connectivity index (χ1) is 9.22. The summed E-state index contributed by atoms with van der Waals surface area (Å²) in [5.41, 5.74) is -0.921. The van der Waals surface area contributed by atoms with Crippen LogP contribution < -0.4 is 10.2 Å². The van der Waals surface area contributed by atoms with Gasteiger partial charge in [0.1, 0.15) is 0 Å². The number of methoxy groups -OCH3 is 1. The number of aromatic nitrogens is 2. The van der Waals surface area contributed by atoms with Gasteiger partial charge in [-0.25, -0.2) is 22.4 Å². The molecule has 1 aromatic rings. The second kappa shape index (κ2) is 4.91. The van der Waals surface area contributed by atoms with Crippen LogP contribution in [0, 0.1) is 0 Å². The molecule has 2 heterocycles. The smallest absolute Gasteiger partial charge is 0.326 e. The van der Waals surface area contributed by atoms with Gasteiger partial charge >= 0.3 is 6.03 Å².